The quantitative estimate of drug-likeness (QED) is 0.794. The van der Waals surface area contributed by atoms with Gasteiger partial charge in [0, 0.05) is 13.1 Å². The van der Waals surface area contributed by atoms with Crippen LogP contribution in [0.3, 0.4) is 0 Å². The first-order valence-electron chi connectivity index (χ1n) is 5.99. The molecule has 16 heavy (non-hydrogen) atoms. The largest absolute Gasteiger partial charge is 0.492 e. The Balaban J connectivity index is 2.18. The third-order valence-corrected chi connectivity index (χ3v) is 3.23. The van der Waals surface area contributed by atoms with Crippen molar-refractivity contribution in [2.24, 2.45) is 0 Å². The van der Waals surface area contributed by atoms with Crippen LogP contribution in [-0.2, 0) is 0 Å². The Morgan fingerprint density at radius 1 is 1.31 bits per heavy atom. The normalized spacial score (nSPS) is 15.5. The minimum absolute atomic E-state index is 0.725. The van der Waals surface area contributed by atoms with E-state index in [2.05, 4.69) is 17.9 Å². The molecule has 0 saturated carbocycles. The molecule has 3 heteroatoms. The van der Waals surface area contributed by atoms with Gasteiger partial charge in [-0.15, -0.1) is 0 Å². The second-order valence-corrected chi connectivity index (χ2v) is 4.51. The Bertz CT molecular complexity index is 348. The highest BCUT2D eigenvalue weighted by Crippen LogP contribution is 2.35. The van der Waals surface area contributed by atoms with Crippen LogP contribution < -0.4 is 9.64 Å². The second-order valence-electron chi connectivity index (χ2n) is 4.13. The van der Waals surface area contributed by atoms with Gasteiger partial charge >= 0.3 is 0 Å². The van der Waals surface area contributed by atoms with Gasteiger partial charge in [-0.1, -0.05) is 24.6 Å². The number of hydrogen-bond acceptors (Lipinski definition) is 2. The molecule has 0 bridgehead atoms. The molecule has 1 aliphatic heterocycles. The Hall–Kier alpha value is -0.890. The molecule has 0 amide bonds. The smallest absolute Gasteiger partial charge is 0.140 e. The predicted molar refractivity (Wildman–Crippen MR) is 68.7 cm³/mol. The van der Waals surface area contributed by atoms with E-state index in [0.29, 0.717) is 0 Å². The molecule has 0 N–H and O–H groups in total. The van der Waals surface area contributed by atoms with Crippen molar-refractivity contribution in [3.8, 4) is 5.75 Å². The van der Waals surface area contributed by atoms with E-state index < -0.39 is 0 Å². The Labute approximate surface area is 102 Å². The summed E-state index contributed by atoms with van der Waals surface area (Å²) in [7, 11) is 0. The maximum atomic E-state index is 6.36. The molecular weight excluding hydrogens is 222 g/mol. The molecule has 0 aliphatic carbocycles. The SMILES string of the molecule is CCCOc1cccc(N2CCCC2)c1Cl. The van der Waals surface area contributed by atoms with Crippen LogP contribution >= 0.6 is 11.6 Å². The van der Waals surface area contributed by atoms with Gasteiger partial charge in [-0.2, -0.15) is 0 Å². The molecule has 1 heterocycles. The zero-order chi connectivity index (χ0) is 11.4. The maximum absolute atomic E-state index is 6.36. The lowest BCUT2D eigenvalue weighted by molar-refractivity contribution is 0.317. The molecule has 0 aromatic heterocycles. The average molecular weight is 240 g/mol. The summed E-state index contributed by atoms with van der Waals surface area (Å²) in [4.78, 5) is 2.33. The minimum Gasteiger partial charge on any atom is -0.492 e. The monoisotopic (exact) mass is 239 g/mol. The van der Waals surface area contributed by atoms with Crippen LogP contribution in [0.4, 0.5) is 5.69 Å². The van der Waals surface area contributed by atoms with Crippen molar-refractivity contribution in [3.63, 3.8) is 0 Å². The van der Waals surface area contributed by atoms with Crippen molar-refractivity contribution in [2.75, 3.05) is 24.6 Å². The highest BCUT2D eigenvalue weighted by atomic mass is 35.5. The van der Waals surface area contributed by atoms with E-state index in [-0.39, 0.29) is 0 Å². The summed E-state index contributed by atoms with van der Waals surface area (Å²) in [5, 5.41) is 0.762. The van der Waals surface area contributed by atoms with Gasteiger partial charge in [-0.3, -0.25) is 0 Å². The van der Waals surface area contributed by atoms with Crippen molar-refractivity contribution >= 4 is 17.3 Å². The molecule has 2 rings (SSSR count). The standard InChI is InChI=1S/C13H18ClNO/c1-2-10-16-12-7-5-6-11(13(12)14)15-8-3-4-9-15/h5-7H,2-4,8-10H2,1H3. The molecule has 1 aliphatic rings. The lowest BCUT2D eigenvalue weighted by atomic mass is 10.2. The molecule has 0 unspecified atom stereocenters. The van der Waals surface area contributed by atoms with Crippen LogP contribution in [0.15, 0.2) is 18.2 Å². The van der Waals surface area contributed by atoms with Crippen LogP contribution in [-0.4, -0.2) is 19.7 Å². The molecule has 1 aromatic rings. The molecule has 2 nitrogen and oxygen atoms in total. The lowest BCUT2D eigenvalue weighted by Crippen LogP contribution is -2.18. The van der Waals surface area contributed by atoms with E-state index in [9.17, 15) is 0 Å². The van der Waals surface area contributed by atoms with E-state index in [1.54, 1.807) is 0 Å². The summed E-state index contributed by atoms with van der Waals surface area (Å²) in [5.74, 6) is 0.813. The Morgan fingerprint density at radius 3 is 2.75 bits per heavy atom. The van der Waals surface area contributed by atoms with E-state index in [1.165, 1.54) is 12.8 Å². The molecule has 0 atom stereocenters. The number of benzene rings is 1. The number of hydrogen-bond donors (Lipinski definition) is 0. The summed E-state index contributed by atoms with van der Waals surface area (Å²) in [5.41, 5.74) is 1.12. The topological polar surface area (TPSA) is 12.5 Å². The van der Waals surface area contributed by atoms with Crippen molar-refractivity contribution in [1.29, 1.82) is 0 Å². The fraction of sp³-hybridized carbons (Fsp3) is 0.538. The zero-order valence-electron chi connectivity index (χ0n) is 9.71. The second kappa shape index (κ2) is 5.44. The maximum Gasteiger partial charge on any atom is 0.140 e. The van der Waals surface area contributed by atoms with E-state index in [0.717, 1.165) is 42.6 Å². The van der Waals surface area contributed by atoms with Crippen LogP contribution in [0.5, 0.6) is 5.75 Å². The number of anilines is 1. The van der Waals surface area contributed by atoms with Gasteiger partial charge in [0.25, 0.3) is 0 Å². The van der Waals surface area contributed by atoms with Crippen molar-refractivity contribution < 1.29 is 4.74 Å². The first-order chi connectivity index (χ1) is 7.83. The molecule has 0 radical (unpaired) electrons. The first kappa shape index (κ1) is 11.6. The Morgan fingerprint density at radius 2 is 2.06 bits per heavy atom. The van der Waals surface area contributed by atoms with E-state index in [1.807, 2.05) is 12.1 Å². The van der Waals surface area contributed by atoms with E-state index >= 15 is 0 Å². The molecule has 1 fully saturated rings. The van der Waals surface area contributed by atoms with Crippen LogP contribution in [0, 0.1) is 0 Å². The van der Waals surface area contributed by atoms with Crippen molar-refractivity contribution in [3.05, 3.63) is 23.2 Å². The fourth-order valence-electron chi connectivity index (χ4n) is 2.02. The molecular formula is C13H18ClNO. The van der Waals surface area contributed by atoms with Gasteiger partial charge in [0.15, 0.2) is 0 Å². The van der Waals surface area contributed by atoms with Gasteiger partial charge in [0.05, 0.1) is 12.3 Å². The van der Waals surface area contributed by atoms with E-state index in [4.69, 9.17) is 16.3 Å². The van der Waals surface area contributed by atoms with Crippen LogP contribution in [0.25, 0.3) is 0 Å². The zero-order valence-corrected chi connectivity index (χ0v) is 10.5. The molecule has 1 saturated heterocycles. The third-order valence-electron chi connectivity index (χ3n) is 2.85. The highest BCUT2D eigenvalue weighted by molar-refractivity contribution is 6.34. The van der Waals surface area contributed by atoms with Gasteiger partial charge in [0.1, 0.15) is 10.8 Å². The first-order valence-corrected chi connectivity index (χ1v) is 6.37. The number of rotatable bonds is 4. The minimum atomic E-state index is 0.725. The van der Waals surface area contributed by atoms with Crippen LogP contribution in [0.1, 0.15) is 26.2 Å². The predicted octanol–water partition coefficient (Wildman–Crippen LogP) is 3.73. The van der Waals surface area contributed by atoms with Crippen LogP contribution in [0.2, 0.25) is 5.02 Å². The molecule has 0 spiro atoms. The third kappa shape index (κ3) is 2.43. The summed E-state index contributed by atoms with van der Waals surface area (Å²) >= 11 is 6.36. The summed E-state index contributed by atoms with van der Waals surface area (Å²) < 4.78 is 5.63. The Kier molecular flexibility index (Phi) is 3.94. The van der Waals surface area contributed by atoms with Gasteiger partial charge < -0.3 is 9.64 Å². The molecule has 1 aromatic carbocycles. The summed E-state index contributed by atoms with van der Waals surface area (Å²) in [6.07, 6.45) is 3.52. The number of halogens is 1. The van der Waals surface area contributed by atoms with Gasteiger partial charge in [0.2, 0.25) is 0 Å². The lowest BCUT2D eigenvalue weighted by Gasteiger charge is -2.20. The number of nitrogens with zero attached hydrogens (tertiary/aromatic N) is 1. The number of ether oxygens (including phenoxy) is 1. The van der Waals surface area contributed by atoms with Gasteiger partial charge in [-0.25, -0.2) is 0 Å². The van der Waals surface area contributed by atoms with Gasteiger partial charge in [-0.05, 0) is 31.4 Å². The summed E-state index contributed by atoms with van der Waals surface area (Å²) in [6, 6.07) is 6.04. The highest BCUT2D eigenvalue weighted by Gasteiger charge is 2.17. The average Bonchev–Trinajstić information content (AvgIpc) is 2.81. The van der Waals surface area contributed by atoms with Crippen molar-refractivity contribution in [1.82, 2.24) is 0 Å². The fourth-order valence-corrected chi connectivity index (χ4v) is 2.33. The molecule has 88 valence electrons. The van der Waals surface area contributed by atoms with Crippen molar-refractivity contribution in [2.45, 2.75) is 26.2 Å². The summed E-state index contributed by atoms with van der Waals surface area (Å²) in [6.45, 7) is 5.04.